The van der Waals surface area contributed by atoms with Crippen LogP contribution in [0.5, 0.6) is 5.75 Å². The highest BCUT2D eigenvalue weighted by Crippen LogP contribution is 2.22. The molecule has 0 aliphatic heterocycles. The molecular formula is C19H22N4O3. The Kier molecular flexibility index (Phi) is 4.79. The normalized spacial score (nSPS) is 10.8. The number of amides is 1. The average Bonchev–Trinajstić information content (AvgIpc) is 3.09. The molecule has 1 aromatic carbocycles. The van der Waals surface area contributed by atoms with Gasteiger partial charge in [0.25, 0.3) is 5.91 Å². The minimum absolute atomic E-state index is 0.201. The number of aryl methyl sites for hydroxylation is 5. The second-order valence-corrected chi connectivity index (χ2v) is 6.37. The second-order valence-electron chi connectivity index (χ2n) is 6.37. The van der Waals surface area contributed by atoms with E-state index in [0.717, 1.165) is 17.0 Å². The summed E-state index contributed by atoms with van der Waals surface area (Å²) >= 11 is 0. The molecule has 1 amide bonds. The summed E-state index contributed by atoms with van der Waals surface area (Å²) in [4.78, 5) is 12.6. The van der Waals surface area contributed by atoms with Crippen LogP contribution in [0.1, 0.15) is 38.6 Å². The van der Waals surface area contributed by atoms with E-state index in [-0.39, 0.29) is 18.2 Å². The van der Waals surface area contributed by atoms with Crippen molar-refractivity contribution in [1.29, 1.82) is 0 Å². The Morgan fingerprint density at radius 1 is 1.23 bits per heavy atom. The van der Waals surface area contributed by atoms with Crippen molar-refractivity contribution in [2.45, 2.75) is 34.3 Å². The summed E-state index contributed by atoms with van der Waals surface area (Å²) in [5.41, 5.74) is 3.86. The Morgan fingerprint density at radius 3 is 2.65 bits per heavy atom. The molecule has 0 saturated carbocycles. The first kappa shape index (κ1) is 17.7. The summed E-state index contributed by atoms with van der Waals surface area (Å²) in [5.74, 6) is 1.56. The quantitative estimate of drug-likeness (QED) is 0.758. The van der Waals surface area contributed by atoms with Gasteiger partial charge in [-0.15, -0.1) is 0 Å². The van der Waals surface area contributed by atoms with Crippen LogP contribution in [0.15, 0.2) is 28.8 Å². The first-order chi connectivity index (χ1) is 12.3. The topological polar surface area (TPSA) is 82.2 Å². The number of hydrogen-bond donors (Lipinski definition) is 1. The molecule has 3 rings (SSSR count). The van der Waals surface area contributed by atoms with E-state index in [9.17, 15) is 4.79 Å². The predicted octanol–water partition coefficient (Wildman–Crippen LogP) is 3.47. The lowest BCUT2D eigenvalue weighted by Gasteiger charge is -2.10. The van der Waals surface area contributed by atoms with Crippen LogP contribution in [0, 0.1) is 27.7 Å². The van der Waals surface area contributed by atoms with E-state index < -0.39 is 0 Å². The molecule has 0 saturated heterocycles. The van der Waals surface area contributed by atoms with E-state index in [2.05, 4.69) is 15.6 Å². The fourth-order valence-corrected chi connectivity index (χ4v) is 2.75. The second kappa shape index (κ2) is 7.03. The Hall–Kier alpha value is -3.09. The molecule has 1 N–H and O–H groups in total. The number of nitrogens with zero attached hydrogens (tertiary/aromatic N) is 3. The molecule has 7 nitrogen and oxygen atoms in total. The number of carbonyl (C=O) groups excluding carboxylic acids is 1. The third-order valence-electron chi connectivity index (χ3n) is 4.15. The fourth-order valence-electron chi connectivity index (χ4n) is 2.75. The van der Waals surface area contributed by atoms with E-state index in [1.165, 1.54) is 5.56 Å². The molecule has 0 aliphatic carbocycles. The van der Waals surface area contributed by atoms with Crippen molar-refractivity contribution in [1.82, 2.24) is 14.9 Å². The summed E-state index contributed by atoms with van der Waals surface area (Å²) in [6, 6.07) is 7.75. The number of anilines is 1. The zero-order valence-electron chi connectivity index (χ0n) is 15.6. The highest BCUT2D eigenvalue weighted by atomic mass is 16.5. The summed E-state index contributed by atoms with van der Waals surface area (Å²) in [6.07, 6.45) is 0. The van der Waals surface area contributed by atoms with Crippen LogP contribution in [-0.2, 0) is 13.7 Å². The third kappa shape index (κ3) is 3.61. The van der Waals surface area contributed by atoms with Gasteiger partial charge >= 0.3 is 0 Å². The van der Waals surface area contributed by atoms with Crippen LogP contribution in [0.3, 0.4) is 0 Å². The standard InChI is InChI=1S/C19H22N4O3/c1-11-6-7-16(12(2)8-11)25-10-15-14(4)26-22-18(15)19(24)20-17-9-13(3)21-23(17)5/h6-9H,10H2,1-5H3,(H,20,24). The number of rotatable bonds is 5. The molecule has 0 fully saturated rings. The minimum atomic E-state index is -0.357. The molecule has 0 spiro atoms. The van der Waals surface area contributed by atoms with Crippen molar-refractivity contribution >= 4 is 11.7 Å². The number of benzene rings is 1. The summed E-state index contributed by atoms with van der Waals surface area (Å²) in [6.45, 7) is 7.84. The van der Waals surface area contributed by atoms with E-state index in [0.29, 0.717) is 17.1 Å². The third-order valence-corrected chi connectivity index (χ3v) is 4.15. The molecule has 2 heterocycles. The van der Waals surface area contributed by atoms with Gasteiger partial charge in [-0.3, -0.25) is 9.48 Å². The van der Waals surface area contributed by atoms with E-state index in [1.54, 1.807) is 24.7 Å². The summed E-state index contributed by atoms with van der Waals surface area (Å²) < 4.78 is 12.7. The highest BCUT2D eigenvalue weighted by molar-refractivity contribution is 6.03. The van der Waals surface area contributed by atoms with Crippen LogP contribution in [0.25, 0.3) is 0 Å². The Labute approximate surface area is 151 Å². The number of nitrogens with one attached hydrogen (secondary N) is 1. The lowest BCUT2D eigenvalue weighted by Crippen LogP contribution is -2.17. The summed E-state index contributed by atoms with van der Waals surface area (Å²) in [5, 5.41) is 10.9. The van der Waals surface area contributed by atoms with Gasteiger partial charge in [0.2, 0.25) is 0 Å². The van der Waals surface area contributed by atoms with Crippen molar-refractivity contribution in [3.63, 3.8) is 0 Å². The number of aromatic nitrogens is 3. The van der Waals surface area contributed by atoms with Gasteiger partial charge in [-0.1, -0.05) is 22.9 Å². The first-order valence-corrected chi connectivity index (χ1v) is 8.32. The van der Waals surface area contributed by atoms with Crippen LogP contribution in [0.2, 0.25) is 0 Å². The van der Waals surface area contributed by atoms with Crippen molar-refractivity contribution in [2.24, 2.45) is 7.05 Å². The molecule has 7 heteroatoms. The Morgan fingerprint density at radius 2 is 2.00 bits per heavy atom. The van der Waals surface area contributed by atoms with Gasteiger partial charge in [-0.2, -0.15) is 5.10 Å². The van der Waals surface area contributed by atoms with Gasteiger partial charge in [0, 0.05) is 13.1 Å². The number of ether oxygens (including phenoxy) is 1. The van der Waals surface area contributed by atoms with Gasteiger partial charge in [0.15, 0.2) is 5.69 Å². The van der Waals surface area contributed by atoms with Crippen LogP contribution >= 0.6 is 0 Å². The van der Waals surface area contributed by atoms with Crippen molar-refractivity contribution in [3.8, 4) is 5.75 Å². The molecule has 0 unspecified atom stereocenters. The average molecular weight is 354 g/mol. The molecule has 136 valence electrons. The molecule has 0 radical (unpaired) electrons. The van der Waals surface area contributed by atoms with Crippen LogP contribution in [-0.4, -0.2) is 20.8 Å². The van der Waals surface area contributed by atoms with Crippen molar-refractivity contribution < 1.29 is 14.1 Å². The number of carbonyl (C=O) groups is 1. The van der Waals surface area contributed by atoms with Crippen molar-refractivity contribution in [2.75, 3.05) is 5.32 Å². The molecule has 26 heavy (non-hydrogen) atoms. The van der Waals surface area contributed by atoms with E-state index in [1.807, 2.05) is 39.0 Å². The molecular weight excluding hydrogens is 332 g/mol. The zero-order chi connectivity index (χ0) is 18.8. The van der Waals surface area contributed by atoms with E-state index >= 15 is 0 Å². The van der Waals surface area contributed by atoms with Crippen LogP contribution in [0.4, 0.5) is 5.82 Å². The molecule has 3 aromatic rings. The lowest BCUT2D eigenvalue weighted by molar-refractivity contribution is 0.101. The highest BCUT2D eigenvalue weighted by Gasteiger charge is 2.21. The molecule has 2 aromatic heterocycles. The van der Waals surface area contributed by atoms with Gasteiger partial charge in [0.05, 0.1) is 11.3 Å². The Bertz CT molecular complexity index is 956. The summed E-state index contributed by atoms with van der Waals surface area (Å²) in [7, 11) is 1.76. The molecule has 0 bridgehead atoms. The zero-order valence-corrected chi connectivity index (χ0v) is 15.6. The lowest BCUT2D eigenvalue weighted by atomic mass is 10.1. The fraction of sp³-hybridized carbons (Fsp3) is 0.316. The maximum Gasteiger partial charge on any atom is 0.279 e. The smallest absolute Gasteiger partial charge is 0.279 e. The predicted molar refractivity (Wildman–Crippen MR) is 97.4 cm³/mol. The SMILES string of the molecule is Cc1ccc(OCc2c(C(=O)Nc3cc(C)nn3C)noc2C)c(C)c1. The van der Waals surface area contributed by atoms with Gasteiger partial charge < -0.3 is 14.6 Å². The molecule has 0 atom stereocenters. The largest absolute Gasteiger partial charge is 0.488 e. The molecule has 0 aliphatic rings. The van der Waals surface area contributed by atoms with E-state index in [4.69, 9.17) is 9.26 Å². The maximum absolute atomic E-state index is 12.6. The van der Waals surface area contributed by atoms with Gasteiger partial charge in [-0.25, -0.2) is 0 Å². The monoisotopic (exact) mass is 354 g/mol. The van der Waals surface area contributed by atoms with Crippen LogP contribution < -0.4 is 10.1 Å². The minimum Gasteiger partial charge on any atom is -0.488 e. The van der Waals surface area contributed by atoms with Gasteiger partial charge in [-0.05, 0) is 39.3 Å². The first-order valence-electron chi connectivity index (χ1n) is 8.32. The number of hydrogen-bond acceptors (Lipinski definition) is 5. The van der Waals surface area contributed by atoms with Gasteiger partial charge in [0.1, 0.15) is 23.9 Å². The maximum atomic E-state index is 12.6. The van der Waals surface area contributed by atoms with Crippen molar-refractivity contribution in [3.05, 3.63) is 58.1 Å². The Balaban J connectivity index is 1.78.